The number of halogens is 1. The standard InChI is InChI=1S/C13H20ClNO2/c1-9(2)17-8-11(16)7-15-13-10(3)5-4-6-12(13)14/h4-6,9,11,15-16H,7-8H2,1-3H3. The van der Waals surface area contributed by atoms with E-state index in [0.29, 0.717) is 18.2 Å². The Morgan fingerprint density at radius 2 is 2.12 bits per heavy atom. The number of para-hydroxylation sites is 1. The van der Waals surface area contributed by atoms with Gasteiger partial charge in [0.05, 0.1) is 29.5 Å². The highest BCUT2D eigenvalue weighted by atomic mass is 35.5. The second kappa shape index (κ2) is 6.84. The van der Waals surface area contributed by atoms with Crippen LogP contribution in [-0.4, -0.2) is 30.5 Å². The van der Waals surface area contributed by atoms with Gasteiger partial charge in [0, 0.05) is 6.54 Å². The van der Waals surface area contributed by atoms with Crippen LogP contribution in [0.3, 0.4) is 0 Å². The van der Waals surface area contributed by atoms with Crippen molar-refractivity contribution in [1.29, 1.82) is 0 Å². The Kier molecular flexibility index (Phi) is 5.75. The van der Waals surface area contributed by atoms with E-state index >= 15 is 0 Å². The Morgan fingerprint density at radius 1 is 1.41 bits per heavy atom. The summed E-state index contributed by atoms with van der Waals surface area (Å²) in [5, 5.41) is 13.5. The molecule has 0 radical (unpaired) electrons. The summed E-state index contributed by atoms with van der Waals surface area (Å²) < 4.78 is 5.33. The molecule has 1 aromatic carbocycles. The number of benzene rings is 1. The topological polar surface area (TPSA) is 41.5 Å². The lowest BCUT2D eigenvalue weighted by molar-refractivity contribution is 0.0112. The number of aliphatic hydroxyl groups is 1. The van der Waals surface area contributed by atoms with E-state index in [0.717, 1.165) is 11.3 Å². The SMILES string of the molecule is Cc1cccc(Cl)c1NCC(O)COC(C)C. The van der Waals surface area contributed by atoms with Crippen LogP contribution >= 0.6 is 11.6 Å². The minimum Gasteiger partial charge on any atom is -0.389 e. The zero-order valence-electron chi connectivity index (χ0n) is 10.5. The summed E-state index contributed by atoms with van der Waals surface area (Å²) in [6, 6.07) is 5.71. The predicted molar refractivity (Wildman–Crippen MR) is 71.8 cm³/mol. The van der Waals surface area contributed by atoms with Gasteiger partial charge in [-0.2, -0.15) is 0 Å². The first-order valence-electron chi connectivity index (χ1n) is 5.79. The van der Waals surface area contributed by atoms with E-state index in [1.165, 1.54) is 0 Å². The van der Waals surface area contributed by atoms with Crippen LogP contribution in [0.5, 0.6) is 0 Å². The molecule has 0 aliphatic carbocycles. The van der Waals surface area contributed by atoms with Crippen molar-refractivity contribution < 1.29 is 9.84 Å². The third-order valence-corrected chi connectivity index (χ3v) is 2.67. The number of hydrogen-bond donors (Lipinski definition) is 2. The highest BCUT2D eigenvalue weighted by Crippen LogP contribution is 2.24. The summed E-state index contributed by atoms with van der Waals surface area (Å²) in [7, 11) is 0. The number of nitrogens with one attached hydrogen (secondary N) is 1. The van der Waals surface area contributed by atoms with Gasteiger partial charge >= 0.3 is 0 Å². The van der Waals surface area contributed by atoms with Crippen molar-refractivity contribution in [2.75, 3.05) is 18.5 Å². The molecule has 0 saturated carbocycles. The van der Waals surface area contributed by atoms with E-state index < -0.39 is 6.10 Å². The van der Waals surface area contributed by atoms with E-state index in [1.807, 2.05) is 39.0 Å². The zero-order chi connectivity index (χ0) is 12.8. The van der Waals surface area contributed by atoms with Gasteiger partial charge in [0.2, 0.25) is 0 Å². The van der Waals surface area contributed by atoms with Gasteiger partial charge in [0.25, 0.3) is 0 Å². The molecule has 0 aromatic heterocycles. The molecule has 0 aliphatic heterocycles. The fourth-order valence-electron chi connectivity index (χ4n) is 1.44. The normalized spacial score (nSPS) is 12.8. The van der Waals surface area contributed by atoms with Gasteiger partial charge in [-0.05, 0) is 32.4 Å². The average molecular weight is 258 g/mol. The molecule has 0 heterocycles. The van der Waals surface area contributed by atoms with Crippen molar-refractivity contribution in [3.63, 3.8) is 0 Å². The Labute approximate surface area is 108 Å². The van der Waals surface area contributed by atoms with Crippen molar-refractivity contribution in [1.82, 2.24) is 0 Å². The smallest absolute Gasteiger partial charge is 0.0945 e. The third kappa shape index (κ3) is 4.94. The molecule has 1 atom stereocenters. The van der Waals surface area contributed by atoms with E-state index in [4.69, 9.17) is 16.3 Å². The second-order valence-electron chi connectivity index (χ2n) is 4.35. The molecule has 0 bridgehead atoms. The largest absolute Gasteiger partial charge is 0.389 e. The van der Waals surface area contributed by atoms with E-state index in [2.05, 4.69) is 5.32 Å². The van der Waals surface area contributed by atoms with Gasteiger partial charge in [-0.25, -0.2) is 0 Å². The first-order valence-corrected chi connectivity index (χ1v) is 6.17. The fourth-order valence-corrected chi connectivity index (χ4v) is 1.73. The molecule has 0 fully saturated rings. The lowest BCUT2D eigenvalue weighted by atomic mass is 10.2. The number of ether oxygens (including phenoxy) is 1. The lowest BCUT2D eigenvalue weighted by Crippen LogP contribution is -2.26. The van der Waals surface area contributed by atoms with Gasteiger partial charge in [-0.3, -0.25) is 0 Å². The number of aryl methyl sites for hydroxylation is 1. The second-order valence-corrected chi connectivity index (χ2v) is 4.76. The van der Waals surface area contributed by atoms with Gasteiger partial charge in [0.15, 0.2) is 0 Å². The highest BCUT2D eigenvalue weighted by Gasteiger charge is 2.08. The molecule has 3 nitrogen and oxygen atoms in total. The molecule has 4 heteroatoms. The summed E-state index contributed by atoms with van der Waals surface area (Å²) in [4.78, 5) is 0. The summed E-state index contributed by atoms with van der Waals surface area (Å²) in [5.41, 5.74) is 1.94. The summed E-state index contributed by atoms with van der Waals surface area (Å²) in [6.07, 6.45) is -0.403. The Morgan fingerprint density at radius 3 is 2.71 bits per heavy atom. The van der Waals surface area contributed by atoms with E-state index in [9.17, 15) is 5.11 Å². The van der Waals surface area contributed by atoms with Gasteiger partial charge in [-0.1, -0.05) is 23.7 Å². The summed E-state index contributed by atoms with van der Waals surface area (Å²) >= 11 is 6.07. The molecule has 0 spiro atoms. The van der Waals surface area contributed by atoms with Crippen molar-refractivity contribution in [3.05, 3.63) is 28.8 Å². The molecule has 0 saturated heterocycles. The van der Waals surface area contributed by atoms with Crippen molar-refractivity contribution in [2.24, 2.45) is 0 Å². The molecule has 0 aliphatic rings. The molecular formula is C13H20ClNO2. The van der Waals surface area contributed by atoms with Crippen LogP contribution in [-0.2, 0) is 4.74 Å². The maximum Gasteiger partial charge on any atom is 0.0945 e. The van der Waals surface area contributed by atoms with Crippen molar-refractivity contribution >= 4 is 17.3 Å². The van der Waals surface area contributed by atoms with Crippen LogP contribution in [0.25, 0.3) is 0 Å². The number of aliphatic hydroxyl groups excluding tert-OH is 1. The molecule has 2 N–H and O–H groups in total. The van der Waals surface area contributed by atoms with Crippen molar-refractivity contribution in [2.45, 2.75) is 33.0 Å². The van der Waals surface area contributed by atoms with Crippen LogP contribution in [0.2, 0.25) is 5.02 Å². The van der Waals surface area contributed by atoms with Crippen LogP contribution in [0, 0.1) is 6.92 Å². The minimum atomic E-state index is -0.534. The number of rotatable bonds is 6. The first-order chi connectivity index (χ1) is 8.00. The Hall–Kier alpha value is -0.770. The zero-order valence-corrected chi connectivity index (χ0v) is 11.3. The molecule has 0 amide bonds. The Balaban J connectivity index is 2.44. The summed E-state index contributed by atoms with van der Waals surface area (Å²) in [5.74, 6) is 0. The molecule has 17 heavy (non-hydrogen) atoms. The van der Waals surface area contributed by atoms with Gasteiger partial charge < -0.3 is 15.2 Å². The first kappa shape index (κ1) is 14.3. The molecule has 1 rings (SSSR count). The number of hydrogen-bond acceptors (Lipinski definition) is 3. The van der Waals surface area contributed by atoms with Crippen LogP contribution in [0.15, 0.2) is 18.2 Å². The highest BCUT2D eigenvalue weighted by molar-refractivity contribution is 6.33. The quantitative estimate of drug-likeness (QED) is 0.824. The molecule has 1 aromatic rings. The van der Waals surface area contributed by atoms with Gasteiger partial charge in [0.1, 0.15) is 0 Å². The van der Waals surface area contributed by atoms with Crippen LogP contribution < -0.4 is 5.32 Å². The number of anilines is 1. The van der Waals surface area contributed by atoms with Crippen LogP contribution in [0.4, 0.5) is 5.69 Å². The predicted octanol–water partition coefficient (Wildman–Crippen LogP) is 2.85. The maximum absolute atomic E-state index is 9.71. The van der Waals surface area contributed by atoms with E-state index in [1.54, 1.807) is 0 Å². The third-order valence-electron chi connectivity index (χ3n) is 2.36. The van der Waals surface area contributed by atoms with Crippen LogP contribution in [0.1, 0.15) is 19.4 Å². The maximum atomic E-state index is 9.71. The van der Waals surface area contributed by atoms with E-state index in [-0.39, 0.29) is 6.10 Å². The molecule has 96 valence electrons. The lowest BCUT2D eigenvalue weighted by Gasteiger charge is -2.16. The minimum absolute atomic E-state index is 0.131. The van der Waals surface area contributed by atoms with Crippen molar-refractivity contribution in [3.8, 4) is 0 Å². The van der Waals surface area contributed by atoms with Gasteiger partial charge in [-0.15, -0.1) is 0 Å². The Bertz CT molecular complexity index is 335. The average Bonchev–Trinajstić information content (AvgIpc) is 2.25. The monoisotopic (exact) mass is 257 g/mol. The molecule has 1 unspecified atom stereocenters. The fraction of sp³-hybridized carbons (Fsp3) is 0.538. The molecular weight excluding hydrogens is 238 g/mol. The summed E-state index contributed by atoms with van der Waals surface area (Å²) in [6.45, 7) is 6.62.